The van der Waals surface area contributed by atoms with E-state index in [4.69, 9.17) is 10.8 Å². The van der Waals surface area contributed by atoms with Gasteiger partial charge in [-0.25, -0.2) is 4.79 Å². The molecule has 0 aliphatic heterocycles. The van der Waals surface area contributed by atoms with Crippen molar-refractivity contribution in [3.05, 3.63) is 29.6 Å². The largest absolute Gasteiger partial charge is 0.478 e. The molecule has 0 aliphatic rings. The first-order valence-electron chi connectivity index (χ1n) is 3.10. The number of nitrogens with two attached hydrogens (primary N) is 1. The van der Waals surface area contributed by atoms with E-state index in [-0.39, 0.29) is 22.8 Å². The fourth-order valence-corrected chi connectivity index (χ4v) is 0.780. The van der Waals surface area contributed by atoms with Crippen molar-refractivity contribution in [2.45, 2.75) is 0 Å². The topological polar surface area (TPSA) is 160 Å². The average molecular weight is 201 g/mol. The van der Waals surface area contributed by atoms with Crippen molar-refractivity contribution >= 4 is 11.9 Å². The molecule has 1 aromatic heterocycles. The minimum atomic E-state index is -1.21. The smallest absolute Gasteiger partial charge is 0.338 e. The second kappa shape index (κ2) is 5.62. The Hall–Kier alpha value is -1.99. The van der Waals surface area contributed by atoms with E-state index in [1.165, 1.54) is 12.3 Å². The molecule has 1 aromatic rings. The molecule has 0 saturated carbocycles. The van der Waals surface area contributed by atoms with Crippen molar-refractivity contribution < 1.29 is 20.2 Å². The number of aromatic carboxylic acids is 1. The third kappa shape index (κ3) is 2.81. The summed E-state index contributed by atoms with van der Waals surface area (Å²) in [6, 6.07) is 1.27. The molecule has 0 atom stereocenters. The van der Waals surface area contributed by atoms with Crippen LogP contribution in [0, 0.1) is 0 Å². The van der Waals surface area contributed by atoms with Crippen LogP contribution in [-0.2, 0) is 0 Å². The zero-order chi connectivity index (χ0) is 9.14. The van der Waals surface area contributed by atoms with E-state index in [1.807, 2.05) is 0 Å². The van der Waals surface area contributed by atoms with Crippen molar-refractivity contribution in [3.8, 4) is 0 Å². The number of amides is 1. The van der Waals surface area contributed by atoms with Gasteiger partial charge < -0.3 is 22.5 Å². The molecule has 1 rings (SSSR count). The van der Waals surface area contributed by atoms with E-state index >= 15 is 0 Å². The maximum absolute atomic E-state index is 10.7. The number of hydrogen-bond acceptors (Lipinski definition) is 4. The average Bonchev–Trinajstić information content (AvgIpc) is 2.04. The molecule has 1 heterocycles. The molecule has 7 nitrogen and oxygen atoms in total. The first-order chi connectivity index (χ1) is 5.63. The summed E-state index contributed by atoms with van der Waals surface area (Å²) in [4.78, 5) is 24.7. The molecular weight excluding hydrogens is 190 g/mol. The first kappa shape index (κ1) is 14.5. The van der Waals surface area contributed by atoms with Crippen LogP contribution in [0.1, 0.15) is 20.7 Å². The summed E-state index contributed by atoms with van der Waals surface area (Å²) >= 11 is 0. The summed E-state index contributed by atoms with van der Waals surface area (Å²) in [5.74, 6) is -1.98. The van der Waals surface area contributed by atoms with Gasteiger partial charge in [-0.2, -0.15) is 0 Å². The molecule has 0 saturated heterocycles. The van der Waals surface area contributed by atoms with E-state index < -0.39 is 11.9 Å². The minimum absolute atomic E-state index is 0. The SMILES string of the molecule is N.NC(=O)c1ccncc1C(=O)O.O. The number of carbonyl (C=O) groups excluding carboxylic acids is 1. The van der Waals surface area contributed by atoms with Crippen molar-refractivity contribution in [1.82, 2.24) is 11.1 Å². The fourth-order valence-electron chi connectivity index (χ4n) is 0.780. The van der Waals surface area contributed by atoms with Crippen LogP contribution in [-0.4, -0.2) is 27.4 Å². The Morgan fingerprint density at radius 3 is 2.29 bits per heavy atom. The number of pyridine rings is 1. The van der Waals surface area contributed by atoms with Crippen molar-refractivity contribution in [2.75, 3.05) is 0 Å². The molecule has 0 aromatic carbocycles. The number of hydrogen-bond donors (Lipinski definition) is 3. The first-order valence-corrected chi connectivity index (χ1v) is 3.10. The van der Waals surface area contributed by atoms with Crippen LogP contribution in [0.25, 0.3) is 0 Å². The number of nitrogens with zero attached hydrogens (tertiary/aromatic N) is 1. The van der Waals surface area contributed by atoms with Gasteiger partial charge in [-0.1, -0.05) is 0 Å². The summed E-state index contributed by atoms with van der Waals surface area (Å²) < 4.78 is 0. The number of carboxylic acids is 1. The summed E-state index contributed by atoms with van der Waals surface area (Å²) in [5, 5.41) is 8.57. The van der Waals surface area contributed by atoms with Crippen molar-refractivity contribution in [3.63, 3.8) is 0 Å². The Kier molecular flexibility index (Phi) is 5.83. The lowest BCUT2D eigenvalue weighted by molar-refractivity contribution is 0.0691. The zero-order valence-electron chi connectivity index (χ0n) is 7.23. The predicted molar refractivity (Wildman–Crippen MR) is 48.4 cm³/mol. The fraction of sp³-hybridized carbons (Fsp3) is 0. The molecule has 8 N–H and O–H groups in total. The molecule has 78 valence electrons. The van der Waals surface area contributed by atoms with Gasteiger partial charge in [-0.3, -0.25) is 9.78 Å². The van der Waals surface area contributed by atoms with E-state index in [0.717, 1.165) is 6.20 Å². The molecule has 14 heavy (non-hydrogen) atoms. The Morgan fingerprint density at radius 2 is 1.93 bits per heavy atom. The van der Waals surface area contributed by atoms with Crippen molar-refractivity contribution in [2.24, 2.45) is 5.73 Å². The summed E-state index contributed by atoms with van der Waals surface area (Å²) in [5.41, 5.74) is 4.72. The Morgan fingerprint density at radius 1 is 1.36 bits per heavy atom. The van der Waals surface area contributed by atoms with E-state index in [0.29, 0.717) is 0 Å². The van der Waals surface area contributed by atoms with Crippen LogP contribution < -0.4 is 11.9 Å². The maximum Gasteiger partial charge on any atom is 0.338 e. The third-order valence-electron chi connectivity index (χ3n) is 1.32. The second-order valence-corrected chi connectivity index (χ2v) is 2.09. The van der Waals surface area contributed by atoms with Gasteiger partial charge in [0, 0.05) is 12.4 Å². The molecular formula is C7H11N3O4. The number of aromatic nitrogens is 1. The molecule has 0 aliphatic carbocycles. The molecule has 0 fully saturated rings. The van der Waals surface area contributed by atoms with Crippen LogP contribution in [0.15, 0.2) is 18.5 Å². The highest BCUT2D eigenvalue weighted by atomic mass is 16.4. The van der Waals surface area contributed by atoms with Crippen LogP contribution in [0.3, 0.4) is 0 Å². The normalized spacial score (nSPS) is 8.00. The third-order valence-corrected chi connectivity index (χ3v) is 1.32. The van der Waals surface area contributed by atoms with Gasteiger partial charge in [0.15, 0.2) is 0 Å². The summed E-state index contributed by atoms with van der Waals surface area (Å²) in [6.45, 7) is 0. The Bertz CT molecular complexity index is 306. The van der Waals surface area contributed by atoms with Gasteiger partial charge in [0.25, 0.3) is 0 Å². The standard InChI is InChI=1S/C7H6N2O3.H3N.H2O/c8-6(10)4-1-2-9-3-5(4)7(11)12;;/h1-3H,(H2,8,10)(H,11,12);1H3;1H2. The van der Waals surface area contributed by atoms with E-state index in [9.17, 15) is 9.59 Å². The van der Waals surface area contributed by atoms with Gasteiger partial charge in [0.1, 0.15) is 0 Å². The number of carbonyl (C=O) groups is 2. The quantitative estimate of drug-likeness (QED) is 0.570. The van der Waals surface area contributed by atoms with Gasteiger partial charge in [0.2, 0.25) is 5.91 Å². The van der Waals surface area contributed by atoms with Crippen LogP contribution in [0.5, 0.6) is 0 Å². The monoisotopic (exact) mass is 201 g/mol. The minimum Gasteiger partial charge on any atom is -0.478 e. The Labute approximate surface area is 79.5 Å². The maximum atomic E-state index is 10.7. The van der Waals surface area contributed by atoms with Gasteiger partial charge in [0.05, 0.1) is 11.1 Å². The lowest BCUT2D eigenvalue weighted by Gasteiger charge is -1.98. The molecule has 0 spiro atoms. The van der Waals surface area contributed by atoms with Crippen LogP contribution >= 0.6 is 0 Å². The van der Waals surface area contributed by atoms with E-state index in [2.05, 4.69) is 4.98 Å². The lowest BCUT2D eigenvalue weighted by Crippen LogP contribution is -2.16. The van der Waals surface area contributed by atoms with Gasteiger partial charge in [-0.05, 0) is 6.07 Å². The van der Waals surface area contributed by atoms with Gasteiger partial charge >= 0.3 is 5.97 Å². The number of primary amides is 1. The highest BCUT2D eigenvalue weighted by molar-refractivity contribution is 6.03. The van der Waals surface area contributed by atoms with Crippen LogP contribution in [0.2, 0.25) is 0 Å². The number of carboxylic acid groups (broad SMARTS) is 1. The predicted octanol–water partition coefficient (Wildman–Crippen LogP) is -0.784. The van der Waals surface area contributed by atoms with E-state index in [1.54, 1.807) is 0 Å². The summed E-state index contributed by atoms with van der Waals surface area (Å²) in [6.07, 6.45) is 2.40. The van der Waals surface area contributed by atoms with Crippen molar-refractivity contribution in [1.29, 1.82) is 0 Å². The molecule has 0 bridgehead atoms. The Balaban J connectivity index is 0. The molecule has 0 radical (unpaired) electrons. The lowest BCUT2D eigenvalue weighted by atomic mass is 10.1. The zero-order valence-corrected chi connectivity index (χ0v) is 7.23. The molecule has 1 amide bonds. The van der Waals surface area contributed by atoms with Crippen LogP contribution in [0.4, 0.5) is 0 Å². The highest BCUT2D eigenvalue weighted by Gasteiger charge is 2.12. The van der Waals surface area contributed by atoms with Gasteiger partial charge in [-0.15, -0.1) is 0 Å². The summed E-state index contributed by atoms with van der Waals surface area (Å²) in [7, 11) is 0. The molecule has 7 heteroatoms. The highest BCUT2D eigenvalue weighted by Crippen LogP contribution is 2.04. The second-order valence-electron chi connectivity index (χ2n) is 2.09. The number of rotatable bonds is 2. The molecule has 0 unspecified atom stereocenters.